The zero-order chi connectivity index (χ0) is 9.84. The van der Waals surface area contributed by atoms with Crippen molar-refractivity contribution in [2.24, 2.45) is 5.73 Å². The highest BCUT2D eigenvalue weighted by atomic mass is 16.5. The Morgan fingerprint density at radius 3 is 2.77 bits per heavy atom. The van der Waals surface area contributed by atoms with Gasteiger partial charge in [0, 0.05) is 12.5 Å². The second-order valence-corrected chi connectivity index (χ2v) is 3.52. The molecule has 0 aliphatic rings. The first-order valence-corrected chi connectivity index (χ1v) is 4.29. The van der Waals surface area contributed by atoms with Crippen LogP contribution < -0.4 is 5.73 Å². The predicted octanol–water partition coefficient (Wildman–Crippen LogP) is 0.0209. The molecule has 1 rings (SSSR count). The summed E-state index contributed by atoms with van der Waals surface area (Å²) in [6.07, 6.45) is 0.639. The van der Waals surface area contributed by atoms with Gasteiger partial charge in [0.15, 0.2) is 5.82 Å². The summed E-state index contributed by atoms with van der Waals surface area (Å²) in [5, 5.41) is 3.83. The molecular formula is C8H16N4O. The zero-order valence-corrected chi connectivity index (χ0v) is 8.32. The van der Waals surface area contributed by atoms with Gasteiger partial charge >= 0.3 is 0 Å². The summed E-state index contributed by atoms with van der Waals surface area (Å²) in [6, 6.07) is 0.0626. The van der Waals surface area contributed by atoms with Crippen molar-refractivity contribution in [2.75, 3.05) is 14.1 Å². The Morgan fingerprint density at radius 1 is 1.54 bits per heavy atom. The molecule has 0 aliphatic carbocycles. The first-order valence-electron chi connectivity index (χ1n) is 4.29. The molecule has 0 aliphatic heterocycles. The molecule has 13 heavy (non-hydrogen) atoms. The maximum Gasteiger partial charge on any atom is 0.228 e. The SMILES string of the molecule is CC(N)Cc1nc(CN(C)C)no1. The van der Waals surface area contributed by atoms with Crippen molar-refractivity contribution in [3.05, 3.63) is 11.7 Å². The largest absolute Gasteiger partial charge is 0.339 e. The monoisotopic (exact) mass is 184 g/mol. The fourth-order valence-corrected chi connectivity index (χ4v) is 0.996. The first kappa shape index (κ1) is 10.1. The maximum absolute atomic E-state index is 5.60. The van der Waals surface area contributed by atoms with Gasteiger partial charge in [-0.2, -0.15) is 4.98 Å². The molecule has 1 heterocycles. The highest BCUT2D eigenvalue weighted by Gasteiger charge is 2.08. The molecule has 0 radical (unpaired) electrons. The molecule has 0 fully saturated rings. The van der Waals surface area contributed by atoms with Crippen molar-refractivity contribution in [3.8, 4) is 0 Å². The molecule has 0 bridgehead atoms. The second-order valence-electron chi connectivity index (χ2n) is 3.52. The lowest BCUT2D eigenvalue weighted by atomic mass is 10.2. The van der Waals surface area contributed by atoms with Gasteiger partial charge in [0.05, 0.1) is 6.54 Å². The Morgan fingerprint density at radius 2 is 2.23 bits per heavy atom. The van der Waals surface area contributed by atoms with Crippen molar-refractivity contribution in [1.82, 2.24) is 15.0 Å². The molecule has 0 saturated carbocycles. The van der Waals surface area contributed by atoms with Crippen LogP contribution in [0.2, 0.25) is 0 Å². The van der Waals surface area contributed by atoms with Crippen LogP contribution >= 0.6 is 0 Å². The molecule has 5 nitrogen and oxygen atoms in total. The number of nitrogens with two attached hydrogens (primary N) is 1. The van der Waals surface area contributed by atoms with Crippen LogP contribution in [-0.4, -0.2) is 35.2 Å². The van der Waals surface area contributed by atoms with Crippen LogP contribution in [0.3, 0.4) is 0 Å². The molecule has 1 aromatic heterocycles. The summed E-state index contributed by atoms with van der Waals surface area (Å²) in [5.74, 6) is 1.33. The van der Waals surface area contributed by atoms with Gasteiger partial charge in [0.2, 0.25) is 5.89 Å². The topological polar surface area (TPSA) is 68.2 Å². The summed E-state index contributed by atoms with van der Waals surface area (Å²) < 4.78 is 5.01. The van der Waals surface area contributed by atoms with Crippen LogP contribution in [0.25, 0.3) is 0 Å². The van der Waals surface area contributed by atoms with E-state index in [0.717, 1.165) is 0 Å². The average molecular weight is 184 g/mol. The number of rotatable bonds is 4. The van der Waals surface area contributed by atoms with Crippen LogP contribution in [0.1, 0.15) is 18.6 Å². The van der Waals surface area contributed by atoms with Gasteiger partial charge < -0.3 is 15.2 Å². The molecule has 1 aromatic rings. The number of hydrogen-bond donors (Lipinski definition) is 1. The van der Waals surface area contributed by atoms with Crippen LogP contribution in [0, 0.1) is 0 Å². The maximum atomic E-state index is 5.60. The Kier molecular flexibility index (Phi) is 3.39. The van der Waals surface area contributed by atoms with E-state index in [4.69, 9.17) is 10.3 Å². The van der Waals surface area contributed by atoms with E-state index in [1.165, 1.54) is 0 Å². The average Bonchev–Trinajstić information content (AvgIpc) is 2.33. The normalized spacial score (nSPS) is 13.6. The summed E-state index contributed by atoms with van der Waals surface area (Å²) >= 11 is 0. The molecule has 1 atom stereocenters. The molecule has 0 amide bonds. The predicted molar refractivity (Wildman–Crippen MR) is 49.0 cm³/mol. The zero-order valence-electron chi connectivity index (χ0n) is 8.32. The number of hydrogen-bond acceptors (Lipinski definition) is 5. The van der Waals surface area contributed by atoms with Crippen LogP contribution in [0.5, 0.6) is 0 Å². The minimum absolute atomic E-state index is 0.0626. The third-order valence-electron chi connectivity index (χ3n) is 1.46. The fourth-order valence-electron chi connectivity index (χ4n) is 0.996. The van der Waals surface area contributed by atoms with E-state index in [0.29, 0.717) is 24.7 Å². The van der Waals surface area contributed by atoms with E-state index in [-0.39, 0.29) is 6.04 Å². The van der Waals surface area contributed by atoms with E-state index in [2.05, 4.69) is 10.1 Å². The van der Waals surface area contributed by atoms with Gasteiger partial charge in [-0.1, -0.05) is 5.16 Å². The molecule has 0 saturated heterocycles. The highest BCUT2D eigenvalue weighted by Crippen LogP contribution is 2.01. The van der Waals surface area contributed by atoms with Gasteiger partial charge in [-0.05, 0) is 21.0 Å². The molecule has 74 valence electrons. The molecule has 1 unspecified atom stereocenters. The molecular weight excluding hydrogens is 168 g/mol. The Hall–Kier alpha value is -0.940. The Balaban J connectivity index is 2.53. The van der Waals surface area contributed by atoms with Crippen molar-refractivity contribution in [3.63, 3.8) is 0 Å². The minimum atomic E-state index is 0.0626. The van der Waals surface area contributed by atoms with Crippen molar-refractivity contribution >= 4 is 0 Å². The van der Waals surface area contributed by atoms with Gasteiger partial charge in [-0.3, -0.25) is 0 Å². The molecule has 5 heteroatoms. The number of nitrogens with zero attached hydrogens (tertiary/aromatic N) is 3. The van der Waals surface area contributed by atoms with E-state index in [9.17, 15) is 0 Å². The summed E-state index contributed by atoms with van der Waals surface area (Å²) in [6.45, 7) is 2.61. The fraction of sp³-hybridized carbons (Fsp3) is 0.750. The van der Waals surface area contributed by atoms with Gasteiger partial charge in [-0.15, -0.1) is 0 Å². The lowest BCUT2D eigenvalue weighted by Crippen LogP contribution is -2.18. The van der Waals surface area contributed by atoms with E-state index in [1.807, 2.05) is 25.9 Å². The second kappa shape index (κ2) is 4.34. The third-order valence-corrected chi connectivity index (χ3v) is 1.46. The number of aromatic nitrogens is 2. The first-order chi connectivity index (χ1) is 6.08. The van der Waals surface area contributed by atoms with E-state index >= 15 is 0 Å². The summed E-state index contributed by atoms with van der Waals surface area (Å²) in [7, 11) is 3.92. The third kappa shape index (κ3) is 3.52. The Labute approximate surface area is 77.9 Å². The quantitative estimate of drug-likeness (QED) is 0.714. The van der Waals surface area contributed by atoms with Crippen LogP contribution in [0.15, 0.2) is 4.52 Å². The Bertz CT molecular complexity index is 232. The molecule has 2 N–H and O–H groups in total. The van der Waals surface area contributed by atoms with Crippen LogP contribution in [-0.2, 0) is 13.0 Å². The standard InChI is InChI=1S/C8H16N4O/c1-6(9)4-8-10-7(11-13-8)5-12(2)3/h6H,4-5,9H2,1-3H3. The lowest BCUT2D eigenvalue weighted by molar-refractivity contribution is 0.346. The summed E-state index contributed by atoms with van der Waals surface area (Å²) in [5.41, 5.74) is 5.60. The van der Waals surface area contributed by atoms with Crippen molar-refractivity contribution in [2.45, 2.75) is 25.9 Å². The van der Waals surface area contributed by atoms with Gasteiger partial charge in [0.25, 0.3) is 0 Å². The smallest absolute Gasteiger partial charge is 0.228 e. The van der Waals surface area contributed by atoms with E-state index in [1.54, 1.807) is 0 Å². The highest BCUT2D eigenvalue weighted by molar-refractivity contribution is 4.87. The van der Waals surface area contributed by atoms with Crippen molar-refractivity contribution < 1.29 is 4.52 Å². The van der Waals surface area contributed by atoms with Crippen molar-refractivity contribution in [1.29, 1.82) is 0 Å². The molecule has 0 spiro atoms. The van der Waals surface area contributed by atoms with Gasteiger partial charge in [0.1, 0.15) is 0 Å². The minimum Gasteiger partial charge on any atom is -0.339 e. The lowest BCUT2D eigenvalue weighted by Gasteiger charge is -2.03. The van der Waals surface area contributed by atoms with E-state index < -0.39 is 0 Å². The van der Waals surface area contributed by atoms with Crippen LogP contribution in [0.4, 0.5) is 0 Å². The summed E-state index contributed by atoms with van der Waals surface area (Å²) in [4.78, 5) is 6.18. The van der Waals surface area contributed by atoms with Gasteiger partial charge in [-0.25, -0.2) is 0 Å². The molecule has 0 aromatic carbocycles.